The molecule has 0 radical (unpaired) electrons. The summed E-state index contributed by atoms with van der Waals surface area (Å²) in [4.78, 5) is 28.8. The van der Waals surface area contributed by atoms with Crippen LogP contribution < -0.4 is 5.32 Å². The lowest BCUT2D eigenvalue weighted by molar-refractivity contribution is -0.142. The van der Waals surface area contributed by atoms with Gasteiger partial charge in [0.25, 0.3) is 5.91 Å². The van der Waals surface area contributed by atoms with Crippen molar-refractivity contribution >= 4 is 11.9 Å². The maximum absolute atomic E-state index is 12.7. The Kier molecular flexibility index (Phi) is 5.11. The predicted octanol–water partition coefficient (Wildman–Crippen LogP) is 2.17. The zero-order chi connectivity index (χ0) is 17.9. The van der Waals surface area contributed by atoms with Gasteiger partial charge in [0, 0.05) is 32.8 Å². The third kappa shape index (κ3) is 3.85. The highest BCUT2D eigenvalue weighted by molar-refractivity contribution is 5.82. The number of rotatable bonds is 4. The van der Waals surface area contributed by atoms with Crippen LogP contribution in [0.25, 0.3) is 0 Å². The van der Waals surface area contributed by atoms with E-state index >= 15 is 0 Å². The summed E-state index contributed by atoms with van der Waals surface area (Å²) in [5.74, 6) is 0.631. The number of nitrogens with one attached hydrogen (secondary N) is 1. The van der Waals surface area contributed by atoms with Crippen LogP contribution in [0.5, 0.6) is 0 Å². The second-order valence-corrected chi connectivity index (χ2v) is 7.49. The van der Waals surface area contributed by atoms with Gasteiger partial charge in [0.2, 0.25) is 0 Å². The Bertz CT molecular complexity index is 633. The van der Waals surface area contributed by atoms with Crippen LogP contribution in [0.4, 0.5) is 4.79 Å². The van der Waals surface area contributed by atoms with E-state index in [9.17, 15) is 9.59 Å². The maximum Gasteiger partial charge on any atom is 0.318 e. The SMILES string of the molecule is O=C(NC(c1ccccc1)C1CC1)N1CCN(C(=O)C2CCCO2)CC1. The van der Waals surface area contributed by atoms with Gasteiger partial charge in [-0.3, -0.25) is 4.79 Å². The van der Waals surface area contributed by atoms with E-state index in [1.54, 1.807) is 0 Å². The van der Waals surface area contributed by atoms with Crippen LogP contribution in [0.3, 0.4) is 0 Å². The Morgan fingerprint density at radius 2 is 1.69 bits per heavy atom. The highest BCUT2D eigenvalue weighted by atomic mass is 16.5. The third-order valence-electron chi connectivity index (χ3n) is 5.61. The van der Waals surface area contributed by atoms with Gasteiger partial charge >= 0.3 is 6.03 Å². The summed E-state index contributed by atoms with van der Waals surface area (Å²) in [5, 5.41) is 3.22. The quantitative estimate of drug-likeness (QED) is 0.898. The van der Waals surface area contributed by atoms with Gasteiger partial charge in [-0.2, -0.15) is 0 Å². The average Bonchev–Trinajstić information content (AvgIpc) is 3.39. The zero-order valence-corrected chi connectivity index (χ0v) is 15.1. The van der Waals surface area contributed by atoms with Crippen LogP contribution in [-0.2, 0) is 9.53 Å². The van der Waals surface area contributed by atoms with E-state index in [0.29, 0.717) is 38.7 Å². The minimum absolute atomic E-state index is 0.0185. The molecule has 2 atom stereocenters. The fraction of sp³-hybridized carbons (Fsp3) is 0.600. The molecular formula is C20H27N3O3. The van der Waals surface area contributed by atoms with E-state index in [2.05, 4.69) is 17.4 Å². The van der Waals surface area contributed by atoms with E-state index in [1.807, 2.05) is 28.0 Å². The third-order valence-corrected chi connectivity index (χ3v) is 5.61. The standard InChI is InChI=1S/C20H27N3O3/c24-19(17-7-4-14-26-17)22-10-12-23(13-11-22)20(25)21-18(16-8-9-16)15-5-2-1-3-6-15/h1-3,5-6,16-18H,4,7-14H2,(H,21,25). The van der Waals surface area contributed by atoms with Crippen LogP contribution in [0.15, 0.2) is 30.3 Å². The summed E-state index contributed by atoms with van der Waals surface area (Å²) in [6, 6.07) is 10.3. The lowest BCUT2D eigenvalue weighted by Crippen LogP contribution is -2.55. The van der Waals surface area contributed by atoms with Crippen molar-refractivity contribution in [2.24, 2.45) is 5.92 Å². The van der Waals surface area contributed by atoms with E-state index < -0.39 is 0 Å². The molecule has 2 unspecified atom stereocenters. The molecule has 3 fully saturated rings. The summed E-state index contributed by atoms with van der Waals surface area (Å²) in [6.45, 7) is 3.02. The molecule has 0 bridgehead atoms. The van der Waals surface area contributed by atoms with Crippen molar-refractivity contribution in [1.82, 2.24) is 15.1 Å². The molecule has 3 aliphatic rings. The number of ether oxygens (including phenoxy) is 1. The van der Waals surface area contributed by atoms with Crippen molar-refractivity contribution in [3.8, 4) is 0 Å². The summed E-state index contributed by atoms with van der Waals surface area (Å²) < 4.78 is 5.49. The Morgan fingerprint density at radius 1 is 1.00 bits per heavy atom. The molecule has 6 heteroatoms. The van der Waals surface area contributed by atoms with E-state index in [1.165, 1.54) is 18.4 Å². The molecule has 1 N–H and O–H groups in total. The molecule has 1 aromatic rings. The van der Waals surface area contributed by atoms with Gasteiger partial charge in [-0.1, -0.05) is 30.3 Å². The normalized spacial score (nSPS) is 24.4. The molecule has 2 saturated heterocycles. The minimum atomic E-state index is -0.271. The smallest absolute Gasteiger partial charge is 0.318 e. The first-order chi connectivity index (χ1) is 12.7. The first-order valence-electron chi connectivity index (χ1n) is 9.73. The lowest BCUT2D eigenvalue weighted by Gasteiger charge is -2.36. The molecule has 1 aromatic carbocycles. The Balaban J connectivity index is 1.31. The number of amides is 3. The number of nitrogens with zero attached hydrogens (tertiary/aromatic N) is 2. The highest BCUT2D eigenvalue weighted by Crippen LogP contribution is 2.41. The molecule has 26 heavy (non-hydrogen) atoms. The molecule has 2 aliphatic heterocycles. The molecule has 6 nitrogen and oxygen atoms in total. The summed E-state index contributed by atoms with van der Waals surface area (Å²) in [6.07, 6.45) is 3.85. The van der Waals surface area contributed by atoms with Crippen LogP contribution in [0, 0.1) is 5.92 Å². The minimum Gasteiger partial charge on any atom is -0.368 e. The van der Waals surface area contributed by atoms with Gasteiger partial charge in [0.15, 0.2) is 0 Å². The molecular weight excluding hydrogens is 330 g/mol. The second kappa shape index (κ2) is 7.66. The predicted molar refractivity (Wildman–Crippen MR) is 97.6 cm³/mol. The number of carbonyl (C=O) groups is 2. The number of carbonyl (C=O) groups excluding carboxylic acids is 2. The van der Waals surface area contributed by atoms with Gasteiger partial charge in [-0.25, -0.2) is 4.79 Å². The van der Waals surface area contributed by atoms with Crippen molar-refractivity contribution in [2.45, 2.75) is 37.8 Å². The number of hydrogen-bond donors (Lipinski definition) is 1. The van der Waals surface area contributed by atoms with E-state index in [4.69, 9.17) is 4.74 Å². The summed E-state index contributed by atoms with van der Waals surface area (Å²) >= 11 is 0. The van der Waals surface area contributed by atoms with Crippen molar-refractivity contribution in [3.63, 3.8) is 0 Å². The van der Waals surface area contributed by atoms with Gasteiger partial charge in [-0.05, 0) is 37.2 Å². The molecule has 3 amide bonds. The molecule has 0 aromatic heterocycles. The van der Waals surface area contributed by atoms with Crippen LogP contribution in [-0.4, -0.2) is 60.6 Å². The van der Waals surface area contributed by atoms with E-state index in [-0.39, 0.29) is 24.1 Å². The van der Waals surface area contributed by atoms with Crippen molar-refractivity contribution < 1.29 is 14.3 Å². The van der Waals surface area contributed by atoms with Gasteiger partial charge < -0.3 is 19.9 Å². The Hall–Kier alpha value is -2.08. The van der Waals surface area contributed by atoms with Crippen LogP contribution in [0.2, 0.25) is 0 Å². The Labute approximate surface area is 154 Å². The first-order valence-corrected chi connectivity index (χ1v) is 9.73. The average molecular weight is 357 g/mol. The fourth-order valence-corrected chi connectivity index (χ4v) is 3.89. The van der Waals surface area contributed by atoms with Crippen LogP contribution in [0.1, 0.15) is 37.3 Å². The second-order valence-electron chi connectivity index (χ2n) is 7.49. The number of benzene rings is 1. The lowest BCUT2D eigenvalue weighted by atomic mass is 10.0. The topological polar surface area (TPSA) is 61.9 Å². The zero-order valence-electron chi connectivity index (χ0n) is 15.1. The molecule has 0 spiro atoms. The molecule has 4 rings (SSSR count). The van der Waals surface area contributed by atoms with Crippen molar-refractivity contribution in [2.75, 3.05) is 32.8 Å². The molecule has 1 aliphatic carbocycles. The number of hydrogen-bond acceptors (Lipinski definition) is 3. The monoisotopic (exact) mass is 357 g/mol. The molecule has 140 valence electrons. The van der Waals surface area contributed by atoms with Crippen molar-refractivity contribution in [1.29, 1.82) is 0 Å². The van der Waals surface area contributed by atoms with Crippen LogP contribution >= 0.6 is 0 Å². The first kappa shape index (κ1) is 17.3. The number of piperazine rings is 1. The van der Waals surface area contributed by atoms with E-state index in [0.717, 1.165) is 12.8 Å². The van der Waals surface area contributed by atoms with Crippen molar-refractivity contribution in [3.05, 3.63) is 35.9 Å². The highest BCUT2D eigenvalue weighted by Gasteiger charge is 2.35. The Morgan fingerprint density at radius 3 is 2.31 bits per heavy atom. The summed E-state index contributed by atoms with van der Waals surface area (Å²) in [5.41, 5.74) is 1.18. The maximum atomic E-state index is 12.7. The van der Waals surface area contributed by atoms with Gasteiger partial charge in [0.1, 0.15) is 6.10 Å². The molecule has 1 saturated carbocycles. The molecule has 2 heterocycles. The fourth-order valence-electron chi connectivity index (χ4n) is 3.89. The van der Waals surface area contributed by atoms with Gasteiger partial charge in [-0.15, -0.1) is 0 Å². The summed E-state index contributed by atoms with van der Waals surface area (Å²) in [7, 11) is 0. The largest absolute Gasteiger partial charge is 0.368 e. The number of urea groups is 1. The van der Waals surface area contributed by atoms with Gasteiger partial charge in [0.05, 0.1) is 6.04 Å².